The maximum absolute atomic E-state index is 6.40. The Labute approximate surface area is 135 Å². The van der Waals surface area contributed by atoms with Gasteiger partial charge in [-0.1, -0.05) is 55.6 Å². The zero-order valence-electron chi connectivity index (χ0n) is 12.0. The first kappa shape index (κ1) is 16.3. The highest BCUT2D eigenvalue weighted by atomic mass is 35.5. The van der Waals surface area contributed by atoms with Gasteiger partial charge in [0.25, 0.3) is 0 Å². The lowest BCUT2D eigenvalue weighted by Crippen LogP contribution is -2.48. The van der Waals surface area contributed by atoms with E-state index in [0.29, 0.717) is 15.2 Å². The maximum Gasteiger partial charge on any atom is 0.148 e. The van der Waals surface area contributed by atoms with Gasteiger partial charge in [0.2, 0.25) is 0 Å². The summed E-state index contributed by atoms with van der Waals surface area (Å²) in [6.45, 7) is 10.5. The van der Waals surface area contributed by atoms with Gasteiger partial charge in [0.05, 0.1) is 10.0 Å². The lowest BCUT2D eigenvalue weighted by molar-refractivity contribution is 0.0863. The van der Waals surface area contributed by atoms with Crippen LogP contribution < -0.4 is 5.32 Å². The van der Waals surface area contributed by atoms with Crippen LogP contribution in [0.4, 0.5) is 0 Å². The van der Waals surface area contributed by atoms with Crippen LogP contribution in [0.2, 0.25) is 15.2 Å². The van der Waals surface area contributed by atoms with Gasteiger partial charge in [0.15, 0.2) is 0 Å². The summed E-state index contributed by atoms with van der Waals surface area (Å²) >= 11 is 18.9. The second-order valence-electron chi connectivity index (χ2n) is 6.18. The molecule has 1 aromatic heterocycles. The summed E-state index contributed by atoms with van der Waals surface area (Å²) in [4.78, 5) is 6.44. The van der Waals surface area contributed by atoms with E-state index in [4.69, 9.17) is 34.8 Å². The maximum atomic E-state index is 6.40. The van der Waals surface area contributed by atoms with Gasteiger partial charge in [-0.3, -0.25) is 4.90 Å². The zero-order valence-corrected chi connectivity index (χ0v) is 14.3. The number of hydrogen-bond acceptors (Lipinski definition) is 3. The summed E-state index contributed by atoms with van der Waals surface area (Å²) in [5, 5.41) is 4.73. The molecule has 1 saturated heterocycles. The smallest absolute Gasteiger partial charge is 0.148 e. The molecule has 2 rings (SSSR count). The predicted octanol–water partition coefficient (Wildman–Crippen LogP) is 4.03. The summed E-state index contributed by atoms with van der Waals surface area (Å²) in [5.41, 5.74) is 0.887. The largest absolute Gasteiger partial charge is 0.314 e. The minimum Gasteiger partial charge on any atom is -0.314 e. The summed E-state index contributed by atoms with van der Waals surface area (Å²) in [6, 6.07) is 0.116. The van der Waals surface area contributed by atoms with E-state index in [1.807, 2.05) is 0 Å². The number of hydrogen-bond donors (Lipinski definition) is 1. The minimum absolute atomic E-state index is 0.00466. The van der Waals surface area contributed by atoms with Gasteiger partial charge in [0.1, 0.15) is 5.15 Å². The van der Waals surface area contributed by atoms with E-state index in [1.165, 1.54) is 0 Å². The van der Waals surface area contributed by atoms with Crippen LogP contribution in [0.5, 0.6) is 0 Å². The average molecular weight is 337 g/mol. The van der Waals surface area contributed by atoms with Crippen molar-refractivity contribution < 1.29 is 0 Å². The molecular formula is C14H20Cl3N3. The van der Waals surface area contributed by atoms with Gasteiger partial charge in [-0.2, -0.15) is 0 Å². The number of rotatable bonds is 2. The molecule has 0 bridgehead atoms. The molecule has 6 heteroatoms. The monoisotopic (exact) mass is 335 g/mol. The normalized spacial score (nSPS) is 19.1. The highest BCUT2D eigenvalue weighted by Gasteiger charge is 2.36. The molecule has 0 spiro atoms. The van der Waals surface area contributed by atoms with E-state index in [2.05, 4.69) is 36.0 Å². The fourth-order valence-corrected chi connectivity index (χ4v) is 3.51. The molecule has 1 aliphatic heterocycles. The van der Waals surface area contributed by atoms with E-state index >= 15 is 0 Å². The third-order valence-electron chi connectivity index (χ3n) is 3.58. The molecule has 1 aliphatic rings. The number of nitrogens with one attached hydrogen (secondary N) is 1. The molecule has 0 aromatic carbocycles. The van der Waals surface area contributed by atoms with E-state index in [9.17, 15) is 0 Å². The summed E-state index contributed by atoms with van der Waals surface area (Å²) in [5.74, 6) is 0. The van der Waals surface area contributed by atoms with Crippen LogP contribution in [0.3, 0.4) is 0 Å². The minimum atomic E-state index is -0.00466. The summed E-state index contributed by atoms with van der Waals surface area (Å²) in [6.07, 6.45) is 1.59. The molecule has 0 radical (unpaired) electrons. The van der Waals surface area contributed by atoms with E-state index in [1.54, 1.807) is 6.20 Å². The van der Waals surface area contributed by atoms with Crippen molar-refractivity contribution in [2.24, 2.45) is 5.41 Å². The molecule has 20 heavy (non-hydrogen) atoms. The Morgan fingerprint density at radius 2 is 1.80 bits per heavy atom. The molecule has 1 aromatic rings. The fourth-order valence-electron chi connectivity index (χ4n) is 2.81. The second-order valence-corrected chi connectivity index (χ2v) is 7.32. The number of nitrogens with zero attached hydrogens (tertiary/aromatic N) is 2. The molecule has 1 atom stereocenters. The Morgan fingerprint density at radius 1 is 1.20 bits per heavy atom. The molecule has 2 heterocycles. The SMILES string of the molecule is CC(C)(C)[C@@H](c1c(Cl)cnc(Cl)c1Cl)N1CCNCC1. The number of aromatic nitrogens is 1. The van der Waals surface area contributed by atoms with Crippen LogP contribution >= 0.6 is 34.8 Å². The van der Waals surface area contributed by atoms with Gasteiger partial charge in [-0.15, -0.1) is 0 Å². The Bertz CT molecular complexity index is 479. The quantitative estimate of drug-likeness (QED) is 0.826. The van der Waals surface area contributed by atoms with Crippen LogP contribution in [0.1, 0.15) is 32.4 Å². The van der Waals surface area contributed by atoms with Crippen LogP contribution in [0, 0.1) is 5.41 Å². The molecule has 1 N–H and O–H groups in total. The molecule has 3 nitrogen and oxygen atoms in total. The molecular weight excluding hydrogens is 317 g/mol. The van der Waals surface area contributed by atoms with Crippen molar-refractivity contribution in [2.45, 2.75) is 26.8 Å². The van der Waals surface area contributed by atoms with Crippen LogP contribution in [-0.2, 0) is 0 Å². The van der Waals surface area contributed by atoms with Gasteiger partial charge in [0, 0.05) is 44.0 Å². The number of halogens is 3. The molecule has 0 unspecified atom stereocenters. The van der Waals surface area contributed by atoms with Gasteiger partial charge in [-0.25, -0.2) is 4.98 Å². The third-order valence-corrected chi connectivity index (χ3v) is 4.64. The molecule has 112 valence electrons. The van der Waals surface area contributed by atoms with Crippen molar-refractivity contribution in [1.29, 1.82) is 0 Å². The van der Waals surface area contributed by atoms with Gasteiger partial charge in [-0.05, 0) is 5.41 Å². The van der Waals surface area contributed by atoms with Crippen molar-refractivity contribution in [1.82, 2.24) is 15.2 Å². The topological polar surface area (TPSA) is 28.2 Å². The first-order valence-corrected chi connectivity index (χ1v) is 7.90. The Morgan fingerprint density at radius 3 is 2.35 bits per heavy atom. The van der Waals surface area contributed by atoms with Crippen LogP contribution in [-0.4, -0.2) is 36.1 Å². The predicted molar refractivity (Wildman–Crippen MR) is 85.9 cm³/mol. The standard InChI is InChI=1S/C14H20Cl3N3/c1-14(2,3)12(20-6-4-18-5-7-20)10-9(15)8-19-13(17)11(10)16/h8,12,18H,4-7H2,1-3H3/t12-/m1/s1. The Balaban J connectivity index is 2.49. The Hall–Kier alpha value is -0.0600. The van der Waals surface area contributed by atoms with Crippen molar-refractivity contribution in [3.8, 4) is 0 Å². The Kier molecular flexibility index (Phi) is 5.19. The average Bonchev–Trinajstić information content (AvgIpc) is 2.39. The molecule has 0 saturated carbocycles. The summed E-state index contributed by atoms with van der Waals surface area (Å²) in [7, 11) is 0. The van der Waals surface area contributed by atoms with Crippen molar-refractivity contribution in [2.75, 3.05) is 26.2 Å². The van der Waals surface area contributed by atoms with Crippen molar-refractivity contribution >= 4 is 34.8 Å². The zero-order chi connectivity index (χ0) is 14.9. The van der Waals surface area contributed by atoms with Crippen LogP contribution in [0.25, 0.3) is 0 Å². The van der Waals surface area contributed by atoms with E-state index in [0.717, 1.165) is 31.7 Å². The fraction of sp³-hybridized carbons (Fsp3) is 0.643. The van der Waals surface area contributed by atoms with Gasteiger partial charge < -0.3 is 5.32 Å². The second kappa shape index (κ2) is 6.37. The van der Waals surface area contributed by atoms with Crippen molar-refractivity contribution in [3.63, 3.8) is 0 Å². The summed E-state index contributed by atoms with van der Waals surface area (Å²) < 4.78 is 0. The number of piperazine rings is 1. The lowest BCUT2D eigenvalue weighted by atomic mass is 9.81. The van der Waals surface area contributed by atoms with E-state index in [-0.39, 0.29) is 11.5 Å². The van der Waals surface area contributed by atoms with Crippen LogP contribution in [0.15, 0.2) is 6.20 Å². The lowest BCUT2D eigenvalue weighted by Gasteiger charge is -2.43. The van der Waals surface area contributed by atoms with E-state index < -0.39 is 0 Å². The first-order chi connectivity index (χ1) is 9.32. The molecule has 0 aliphatic carbocycles. The van der Waals surface area contributed by atoms with Gasteiger partial charge >= 0.3 is 0 Å². The highest BCUT2D eigenvalue weighted by molar-refractivity contribution is 6.43. The third kappa shape index (κ3) is 3.40. The molecule has 0 amide bonds. The van der Waals surface area contributed by atoms with Crippen molar-refractivity contribution in [3.05, 3.63) is 27.0 Å². The highest BCUT2D eigenvalue weighted by Crippen LogP contribution is 2.45. The number of pyridine rings is 1. The first-order valence-electron chi connectivity index (χ1n) is 6.76. The molecule has 1 fully saturated rings.